The van der Waals surface area contributed by atoms with Crippen molar-refractivity contribution in [3.63, 3.8) is 0 Å². The highest BCUT2D eigenvalue weighted by atomic mass is 16.2. The van der Waals surface area contributed by atoms with Crippen LogP contribution in [0.1, 0.15) is 43.4 Å². The summed E-state index contributed by atoms with van der Waals surface area (Å²) < 4.78 is 0. The lowest BCUT2D eigenvalue weighted by atomic mass is 9.95. The molecule has 2 N–H and O–H groups in total. The molecule has 0 radical (unpaired) electrons. The number of nitrogens with one attached hydrogen (secondary N) is 2. The molecule has 5 nitrogen and oxygen atoms in total. The Morgan fingerprint density at radius 2 is 1.62 bits per heavy atom. The third kappa shape index (κ3) is 6.71. The predicted octanol–water partition coefficient (Wildman–Crippen LogP) is 3.28. The van der Waals surface area contributed by atoms with Crippen LogP contribution in [0.2, 0.25) is 0 Å². The normalized spacial score (nSPS) is 16.2. The fourth-order valence-corrected chi connectivity index (χ4v) is 3.75. The van der Waals surface area contributed by atoms with Crippen LogP contribution < -0.4 is 10.6 Å². The van der Waals surface area contributed by atoms with Gasteiger partial charge in [-0.3, -0.25) is 9.59 Å². The SMILES string of the molecule is CC(NC(=O)CCN1CCC(C(=O)NCc2ccccc2)CC1)c1ccccc1. The first-order valence-electron chi connectivity index (χ1n) is 10.5. The Morgan fingerprint density at radius 3 is 2.28 bits per heavy atom. The van der Waals surface area contributed by atoms with E-state index in [1.165, 1.54) is 0 Å². The van der Waals surface area contributed by atoms with Crippen molar-refractivity contribution < 1.29 is 9.59 Å². The molecular weight excluding hydrogens is 362 g/mol. The smallest absolute Gasteiger partial charge is 0.223 e. The molecule has 5 heteroatoms. The summed E-state index contributed by atoms with van der Waals surface area (Å²) >= 11 is 0. The van der Waals surface area contributed by atoms with E-state index in [9.17, 15) is 9.59 Å². The van der Waals surface area contributed by atoms with Gasteiger partial charge in [0.25, 0.3) is 0 Å². The number of benzene rings is 2. The van der Waals surface area contributed by atoms with Crippen molar-refractivity contribution in [3.05, 3.63) is 71.8 Å². The topological polar surface area (TPSA) is 61.4 Å². The second-order valence-corrected chi connectivity index (χ2v) is 7.77. The van der Waals surface area contributed by atoms with E-state index in [0.717, 1.165) is 43.6 Å². The minimum absolute atomic E-state index is 0.0164. The Kier molecular flexibility index (Phi) is 7.82. The summed E-state index contributed by atoms with van der Waals surface area (Å²) in [5.41, 5.74) is 2.23. The highest BCUT2D eigenvalue weighted by Gasteiger charge is 2.25. The van der Waals surface area contributed by atoms with E-state index in [1.54, 1.807) is 0 Å². The second kappa shape index (κ2) is 10.8. The molecule has 2 aromatic rings. The van der Waals surface area contributed by atoms with Crippen molar-refractivity contribution in [1.29, 1.82) is 0 Å². The standard InChI is InChI=1S/C24H31N3O2/c1-19(21-10-6-3-7-11-21)26-23(28)14-17-27-15-12-22(13-16-27)24(29)25-18-20-8-4-2-5-9-20/h2-11,19,22H,12-18H2,1H3,(H,25,29)(H,26,28). The van der Waals surface area contributed by atoms with Gasteiger partial charge in [-0.1, -0.05) is 60.7 Å². The molecule has 2 aromatic carbocycles. The molecule has 0 saturated carbocycles. The van der Waals surface area contributed by atoms with Crippen molar-refractivity contribution in [1.82, 2.24) is 15.5 Å². The zero-order valence-corrected chi connectivity index (χ0v) is 17.1. The number of amides is 2. The van der Waals surface area contributed by atoms with Crippen LogP contribution in [0.25, 0.3) is 0 Å². The summed E-state index contributed by atoms with van der Waals surface area (Å²) in [4.78, 5) is 27.0. The molecule has 1 unspecified atom stereocenters. The molecule has 0 aromatic heterocycles. The molecule has 1 aliphatic rings. The third-order valence-electron chi connectivity index (χ3n) is 5.60. The fourth-order valence-electron chi connectivity index (χ4n) is 3.75. The summed E-state index contributed by atoms with van der Waals surface area (Å²) in [6, 6.07) is 20.0. The number of hydrogen-bond donors (Lipinski definition) is 2. The summed E-state index contributed by atoms with van der Waals surface area (Å²) in [7, 11) is 0. The van der Waals surface area contributed by atoms with Gasteiger partial charge in [0.05, 0.1) is 6.04 Å². The minimum Gasteiger partial charge on any atom is -0.352 e. The second-order valence-electron chi connectivity index (χ2n) is 7.77. The van der Waals surface area contributed by atoms with Gasteiger partial charge in [0.15, 0.2) is 0 Å². The van der Waals surface area contributed by atoms with Crippen LogP contribution in [-0.4, -0.2) is 36.3 Å². The van der Waals surface area contributed by atoms with Crippen LogP contribution in [-0.2, 0) is 16.1 Å². The van der Waals surface area contributed by atoms with Gasteiger partial charge in [0, 0.05) is 25.4 Å². The number of hydrogen-bond acceptors (Lipinski definition) is 3. The summed E-state index contributed by atoms with van der Waals surface area (Å²) in [6.07, 6.45) is 2.19. The van der Waals surface area contributed by atoms with E-state index in [4.69, 9.17) is 0 Å². The zero-order valence-electron chi connectivity index (χ0n) is 17.1. The van der Waals surface area contributed by atoms with Crippen LogP contribution in [0.5, 0.6) is 0 Å². The maximum absolute atomic E-state index is 12.4. The summed E-state index contributed by atoms with van der Waals surface area (Å²) in [5, 5.41) is 6.11. The van der Waals surface area contributed by atoms with Crippen LogP contribution in [0.4, 0.5) is 0 Å². The highest BCUT2D eigenvalue weighted by molar-refractivity contribution is 5.78. The van der Waals surface area contributed by atoms with Gasteiger partial charge in [0.2, 0.25) is 11.8 Å². The maximum atomic E-state index is 12.4. The molecule has 0 bridgehead atoms. The first-order chi connectivity index (χ1) is 14.1. The van der Waals surface area contributed by atoms with Crippen molar-refractivity contribution >= 4 is 11.8 Å². The van der Waals surface area contributed by atoms with Crippen molar-refractivity contribution in [2.75, 3.05) is 19.6 Å². The Labute approximate surface area is 173 Å². The number of carbonyl (C=O) groups is 2. The Hall–Kier alpha value is -2.66. The summed E-state index contributed by atoms with van der Waals surface area (Å²) in [5.74, 6) is 0.286. The molecule has 3 rings (SSSR count). The van der Waals surface area contributed by atoms with E-state index < -0.39 is 0 Å². The van der Waals surface area contributed by atoms with Crippen molar-refractivity contribution in [2.24, 2.45) is 5.92 Å². The van der Waals surface area contributed by atoms with Gasteiger partial charge in [-0.2, -0.15) is 0 Å². The average molecular weight is 394 g/mol. The molecule has 1 aliphatic heterocycles. The largest absolute Gasteiger partial charge is 0.352 e. The maximum Gasteiger partial charge on any atom is 0.223 e. The lowest BCUT2D eigenvalue weighted by molar-refractivity contribution is -0.127. The fraction of sp³-hybridized carbons (Fsp3) is 0.417. The number of nitrogens with zero attached hydrogens (tertiary/aromatic N) is 1. The van der Waals surface area contributed by atoms with Gasteiger partial charge in [-0.25, -0.2) is 0 Å². The van der Waals surface area contributed by atoms with E-state index in [2.05, 4.69) is 15.5 Å². The molecule has 154 valence electrons. The molecule has 29 heavy (non-hydrogen) atoms. The molecule has 0 spiro atoms. The van der Waals surface area contributed by atoms with Crippen LogP contribution in [0.15, 0.2) is 60.7 Å². The van der Waals surface area contributed by atoms with Gasteiger partial charge in [-0.15, -0.1) is 0 Å². The Bertz CT molecular complexity index is 771. The molecule has 1 heterocycles. The van der Waals surface area contributed by atoms with Gasteiger partial charge in [0.1, 0.15) is 0 Å². The Morgan fingerprint density at radius 1 is 1.00 bits per heavy atom. The lowest BCUT2D eigenvalue weighted by Gasteiger charge is -2.31. The molecule has 1 atom stereocenters. The molecular formula is C24H31N3O2. The van der Waals surface area contributed by atoms with E-state index in [0.29, 0.717) is 13.0 Å². The van der Waals surface area contributed by atoms with E-state index in [-0.39, 0.29) is 23.8 Å². The quantitative estimate of drug-likeness (QED) is 0.724. The Balaban J connectivity index is 1.33. The molecule has 0 aliphatic carbocycles. The highest BCUT2D eigenvalue weighted by Crippen LogP contribution is 2.18. The molecule has 1 fully saturated rings. The first-order valence-corrected chi connectivity index (χ1v) is 10.5. The van der Waals surface area contributed by atoms with Crippen molar-refractivity contribution in [2.45, 2.75) is 38.8 Å². The number of rotatable bonds is 8. The van der Waals surface area contributed by atoms with Crippen LogP contribution in [0.3, 0.4) is 0 Å². The van der Waals surface area contributed by atoms with Crippen molar-refractivity contribution in [3.8, 4) is 0 Å². The predicted molar refractivity (Wildman–Crippen MR) is 115 cm³/mol. The van der Waals surface area contributed by atoms with Gasteiger partial charge < -0.3 is 15.5 Å². The van der Waals surface area contributed by atoms with Gasteiger partial charge in [-0.05, 0) is 44.0 Å². The number of likely N-dealkylation sites (tertiary alicyclic amines) is 1. The monoisotopic (exact) mass is 393 g/mol. The lowest BCUT2D eigenvalue weighted by Crippen LogP contribution is -2.41. The summed E-state index contributed by atoms with van der Waals surface area (Å²) in [6.45, 7) is 5.06. The number of carbonyl (C=O) groups excluding carboxylic acids is 2. The number of piperidine rings is 1. The zero-order chi connectivity index (χ0) is 20.5. The molecule has 1 saturated heterocycles. The first kappa shape index (κ1) is 21.1. The average Bonchev–Trinajstić information content (AvgIpc) is 2.77. The molecule has 2 amide bonds. The van der Waals surface area contributed by atoms with Crippen LogP contribution in [0, 0.1) is 5.92 Å². The van der Waals surface area contributed by atoms with Crippen LogP contribution >= 0.6 is 0 Å². The third-order valence-corrected chi connectivity index (χ3v) is 5.60. The van der Waals surface area contributed by atoms with Gasteiger partial charge >= 0.3 is 0 Å². The van der Waals surface area contributed by atoms with E-state index in [1.807, 2.05) is 67.6 Å². The minimum atomic E-state index is 0.0164. The van der Waals surface area contributed by atoms with E-state index >= 15 is 0 Å².